The van der Waals surface area contributed by atoms with Crippen molar-refractivity contribution < 1.29 is 28.2 Å². The topological polar surface area (TPSA) is 72.9 Å². The van der Waals surface area contributed by atoms with E-state index in [-0.39, 0.29) is 6.61 Å². The van der Waals surface area contributed by atoms with Crippen molar-refractivity contribution in [1.82, 2.24) is 4.90 Å². The second-order valence-electron chi connectivity index (χ2n) is 6.51. The molecule has 24 heavy (non-hydrogen) atoms. The Hall–Kier alpha value is -2.44. The fraction of sp³-hybridized carbons (Fsp3) is 0.471. The van der Waals surface area contributed by atoms with Crippen molar-refractivity contribution in [3.63, 3.8) is 0 Å². The maximum atomic E-state index is 14.1. The summed E-state index contributed by atoms with van der Waals surface area (Å²) in [5, 5.41) is 0. The van der Waals surface area contributed by atoms with Crippen LogP contribution in [0.5, 0.6) is 0 Å². The Bertz CT molecular complexity index is 626. The van der Waals surface area contributed by atoms with E-state index < -0.39 is 42.2 Å². The van der Waals surface area contributed by atoms with Crippen LogP contribution in [0.3, 0.4) is 0 Å². The highest BCUT2D eigenvalue weighted by molar-refractivity contribution is 5.99. The molecule has 1 saturated heterocycles. The molecule has 0 aromatic heterocycles. The van der Waals surface area contributed by atoms with Gasteiger partial charge >= 0.3 is 12.1 Å². The zero-order valence-corrected chi connectivity index (χ0v) is 13.8. The zero-order valence-electron chi connectivity index (χ0n) is 13.8. The van der Waals surface area contributed by atoms with Gasteiger partial charge in [-0.15, -0.1) is 0 Å². The number of nitrogens with zero attached hydrogens (tertiary/aromatic N) is 1. The summed E-state index contributed by atoms with van der Waals surface area (Å²) in [6.07, 6.45) is -3.03. The summed E-state index contributed by atoms with van der Waals surface area (Å²) in [5.41, 5.74) is -0.109. The van der Waals surface area contributed by atoms with Crippen LogP contribution in [0.4, 0.5) is 9.18 Å². The van der Waals surface area contributed by atoms with Crippen molar-refractivity contribution in [2.24, 2.45) is 0 Å². The second-order valence-corrected chi connectivity index (χ2v) is 6.51. The Morgan fingerprint density at radius 1 is 1.25 bits per heavy atom. The molecule has 7 heteroatoms. The molecule has 2 rings (SSSR count). The maximum Gasteiger partial charge on any atom is 0.411 e. The van der Waals surface area contributed by atoms with Crippen LogP contribution < -0.4 is 0 Å². The highest BCUT2D eigenvalue weighted by atomic mass is 19.1. The van der Waals surface area contributed by atoms with Crippen LogP contribution in [-0.4, -0.2) is 47.1 Å². The van der Waals surface area contributed by atoms with Gasteiger partial charge in [0, 0.05) is 0 Å². The molecule has 130 valence electrons. The lowest BCUT2D eigenvalue weighted by Gasteiger charge is -2.27. The largest absolute Gasteiger partial charge is 0.459 e. The standard InChI is InChI=1S/C17H20FNO5/c1-17(2,3)24-16(22)19-9-12(20)13(18)14(19)15(21)23-10-11-7-5-4-6-8-11/h4-8,13-14H,9-10H2,1-3H3/t13-,14+/m1/s1. The minimum Gasteiger partial charge on any atom is -0.459 e. The predicted molar refractivity (Wildman–Crippen MR) is 82.9 cm³/mol. The van der Waals surface area contributed by atoms with Gasteiger partial charge in [0.1, 0.15) is 12.2 Å². The van der Waals surface area contributed by atoms with E-state index in [9.17, 15) is 18.8 Å². The number of likely N-dealkylation sites (tertiary alicyclic amines) is 1. The van der Waals surface area contributed by atoms with Crippen LogP contribution in [0.25, 0.3) is 0 Å². The molecule has 0 radical (unpaired) electrons. The molecule has 1 aliphatic heterocycles. The maximum absolute atomic E-state index is 14.1. The van der Waals surface area contributed by atoms with Crippen molar-refractivity contribution in [2.75, 3.05) is 6.54 Å². The molecule has 0 saturated carbocycles. The van der Waals surface area contributed by atoms with Gasteiger partial charge in [-0.3, -0.25) is 9.69 Å². The molecule has 0 spiro atoms. The molecule has 1 aliphatic rings. The SMILES string of the molecule is CC(C)(C)OC(=O)N1CC(=O)[C@@H](F)[C@H]1C(=O)OCc1ccccc1. The van der Waals surface area contributed by atoms with Gasteiger partial charge in [0.2, 0.25) is 0 Å². The van der Waals surface area contributed by atoms with Gasteiger partial charge in [-0.25, -0.2) is 14.0 Å². The molecule has 0 aliphatic carbocycles. The predicted octanol–water partition coefficient (Wildman–Crippen LogP) is 2.26. The smallest absolute Gasteiger partial charge is 0.411 e. The number of carbonyl (C=O) groups excluding carboxylic acids is 3. The number of ether oxygens (including phenoxy) is 2. The van der Waals surface area contributed by atoms with Gasteiger partial charge in [-0.05, 0) is 26.3 Å². The molecule has 1 aromatic rings. The van der Waals surface area contributed by atoms with Gasteiger partial charge in [0.05, 0.1) is 6.54 Å². The first-order valence-electron chi connectivity index (χ1n) is 7.56. The van der Waals surface area contributed by atoms with Crippen molar-refractivity contribution in [3.8, 4) is 0 Å². The zero-order chi connectivity index (χ0) is 17.9. The summed E-state index contributed by atoms with van der Waals surface area (Å²) in [5.74, 6) is -1.81. The fourth-order valence-electron chi connectivity index (χ4n) is 2.25. The number of hydrogen-bond acceptors (Lipinski definition) is 5. The first-order chi connectivity index (χ1) is 11.2. The minimum absolute atomic E-state index is 0.0702. The summed E-state index contributed by atoms with van der Waals surface area (Å²) in [6.45, 7) is 4.33. The molecule has 6 nitrogen and oxygen atoms in total. The quantitative estimate of drug-likeness (QED) is 0.791. The van der Waals surface area contributed by atoms with Crippen molar-refractivity contribution in [3.05, 3.63) is 35.9 Å². The fourth-order valence-corrected chi connectivity index (χ4v) is 2.25. The molecule has 1 amide bonds. The normalized spacial score (nSPS) is 20.8. The van der Waals surface area contributed by atoms with Crippen LogP contribution in [0.1, 0.15) is 26.3 Å². The van der Waals surface area contributed by atoms with Crippen LogP contribution in [0.2, 0.25) is 0 Å². The number of halogens is 1. The summed E-state index contributed by atoms with van der Waals surface area (Å²) < 4.78 is 24.3. The van der Waals surface area contributed by atoms with E-state index >= 15 is 0 Å². The lowest BCUT2D eigenvalue weighted by molar-refractivity contribution is -0.152. The van der Waals surface area contributed by atoms with Gasteiger partial charge in [0.15, 0.2) is 18.0 Å². The van der Waals surface area contributed by atoms with E-state index in [1.165, 1.54) is 0 Å². The van der Waals surface area contributed by atoms with Crippen LogP contribution in [-0.2, 0) is 25.7 Å². The van der Waals surface area contributed by atoms with Crippen molar-refractivity contribution in [2.45, 2.75) is 45.2 Å². The molecule has 1 heterocycles. The van der Waals surface area contributed by atoms with Crippen molar-refractivity contribution in [1.29, 1.82) is 0 Å². The molecular weight excluding hydrogens is 317 g/mol. The Labute approximate surface area is 139 Å². The van der Waals surface area contributed by atoms with E-state index in [0.717, 1.165) is 10.5 Å². The first kappa shape index (κ1) is 17.9. The molecular formula is C17H20FNO5. The highest BCUT2D eigenvalue weighted by Gasteiger charge is 2.50. The van der Waals surface area contributed by atoms with Gasteiger partial charge in [0.25, 0.3) is 0 Å². The van der Waals surface area contributed by atoms with E-state index in [4.69, 9.17) is 9.47 Å². The molecule has 2 atom stereocenters. The van der Waals surface area contributed by atoms with E-state index in [1.54, 1.807) is 45.0 Å². The minimum atomic E-state index is -2.11. The van der Waals surface area contributed by atoms with E-state index in [1.807, 2.05) is 6.07 Å². The lowest BCUT2D eigenvalue weighted by Crippen LogP contribution is -2.46. The molecule has 0 bridgehead atoms. The van der Waals surface area contributed by atoms with Crippen molar-refractivity contribution >= 4 is 17.8 Å². The summed E-state index contributed by atoms with van der Waals surface area (Å²) >= 11 is 0. The average Bonchev–Trinajstić information content (AvgIpc) is 2.80. The van der Waals surface area contributed by atoms with Crippen LogP contribution in [0.15, 0.2) is 30.3 Å². The third-order valence-electron chi connectivity index (χ3n) is 3.34. The Morgan fingerprint density at radius 3 is 2.46 bits per heavy atom. The van der Waals surface area contributed by atoms with Crippen LogP contribution >= 0.6 is 0 Å². The third kappa shape index (κ3) is 4.31. The van der Waals surface area contributed by atoms with Gasteiger partial charge < -0.3 is 9.47 Å². The summed E-state index contributed by atoms with van der Waals surface area (Å²) in [6, 6.07) is 7.22. The molecule has 1 fully saturated rings. The number of benzene rings is 1. The average molecular weight is 337 g/mol. The number of Topliss-reactive ketones (excluding diaryl/α,β-unsaturated/α-hetero) is 1. The Kier molecular flexibility index (Phi) is 5.21. The number of amides is 1. The first-order valence-corrected chi connectivity index (χ1v) is 7.56. The Morgan fingerprint density at radius 2 is 1.88 bits per heavy atom. The van der Waals surface area contributed by atoms with Gasteiger partial charge in [-0.1, -0.05) is 30.3 Å². The number of esters is 1. The summed E-state index contributed by atoms with van der Waals surface area (Å²) in [4.78, 5) is 36.7. The summed E-state index contributed by atoms with van der Waals surface area (Å²) in [7, 11) is 0. The molecule has 1 aromatic carbocycles. The van der Waals surface area contributed by atoms with Gasteiger partial charge in [-0.2, -0.15) is 0 Å². The lowest BCUT2D eigenvalue weighted by atomic mass is 10.2. The third-order valence-corrected chi connectivity index (χ3v) is 3.34. The number of alkyl halides is 1. The number of ketones is 1. The molecule has 0 unspecified atom stereocenters. The molecule has 0 N–H and O–H groups in total. The highest BCUT2D eigenvalue weighted by Crippen LogP contribution is 2.23. The monoisotopic (exact) mass is 337 g/mol. The van der Waals surface area contributed by atoms with E-state index in [2.05, 4.69) is 0 Å². The number of rotatable bonds is 3. The van der Waals surface area contributed by atoms with Crippen LogP contribution in [0, 0.1) is 0 Å². The number of hydrogen-bond donors (Lipinski definition) is 0. The Balaban J connectivity index is 2.07. The van der Waals surface area contributed by atoms with E-state index in [0.29, 0.717) is 0 Å². The second kappa shape index (κ2) is 6.98. The number of carbonyl (C=O) groups is 3.